The second-order valence-electron chi connectivity index (χ2n) is 4.63. The molecule has 5 heteroatoms. The third-order valence-electron chi connectivity index (χ3n) is 2.87. The molecule has 1 aromatic heterocycles. The third-order valence-corrected chi connectivity index (χ3v) is 2.87. The van der Waals surface area contributed by atoms with E-state index in [-0.39, 0.29) is 0 Å². The number of hydrogen-bond acceptors (Lipinski definition) is 4. The molecule has 0 saturated heterocycles. The summed E-state index contributed by atoms with van der Waals surface area (Å²) < 4.78 is 6.91. The summed E-state index contributed by atoms with van der Waals surface area (Å²) in [4.78, 5) is 0. The Balaban J connectivity index is 2.74. The lowest BCUT2D eigenvalue weighted by Crippen LogP contribution is -2.38. The normalized spacial score (nSPS) is 14.9. The summed E-state index contributed by atoms with van der Waals surface area (Å²) in [5.74, 6) is 0. The molecule has 1 rings (SSSR count). The number of nitrogens with two attached hydrogens (primary N) is 1. The summed E-state index contributed by atoms with van der Waals surface area (Å²) in [6, 6.07) is 1.99. The zero-order valence-electron chi connectivity index (χ0n) is 10.9. The molecule has 0 aliphatic heterocycles. The van der Waals surface area contributed by atoms with Crippen molar-refractivity contribution in [3.8, 4) is 0 Å². The van der Waals surface area contributed by atoms with Gasteiger partial charge < -0.3 is 15.6 Å². The van der Waals surface area contributed by atoms with Crippen molar-refractivity contribution < 1.29 is 9.84 Å². The number of methoxy groups -OCH3 is 1. The van der Waals surface area contributed by atoms with E-state index < -0.39 is 5.60 Å². The van der Waals surface area contributed by atoms with Crippen molar-refractivity contribution in [2.45, 2.75) is 31.8 Å². The SMILES string of the molecule is COCC(O)(CCCN)Cc1cc(C)nn1C. The number of aryl methyl sites for hydroxylation is 2. The first-order chi connectivity index (χ1) is 8.00. The molecule has 0 amide bonds. The smallest absolute Gasteiger partial charge is 0.0935 e. The van der Waals surface area contributed by atoms with Crippen LogP contribution in [0.15, 0.2) is 6.07 Å². The Labute approximate surface area is 103 Å². The van der Waals surface area contributed by atoms with Crippen LogP contribution in [-0.2, 0) is 18.2 Å². The van der Waals surface area contributed by atoms with Crippen LogP contribution in [0.5, 0.6) is 0 Å². The van der Waals surface area contributed by atoms with Crippen LogP contribution in [0.2, 0.25) is 0 Å². The molecule has 1 atom stereocenters. The second kappa shape index (κ2) is 6.14. The number of aliphatic hydroxyl groups is 1. The molecule has 0 aliphatic carbocycles. The van der Waals surface area contributed by atoms with Gasteiger partial charge in [-0.05, 0) is 32.4 Å². The van der Waals surface area contributed by atoms with Gasteiger partial charge in [-0.3, -0.25) is 4.68 Å². The lowest BCUT2D eigenvalue weighted by atomic mass is 9.93. The van der Waals surface area contributed by atoms with Crippen LogP contribution in [0.25, 0.3) is 0 Å². The minimum absolute atomic E-state index is 0.317. The summed E-state index contributed by atoms with van der Waals surface area (Å²) in [5, 5.41) is 14.8. The molecule has 1 unspecified atom stereocenters. The Morgan fingerprint density at radius 2 is 2.29 bits per heavy atom. The van der Waals surface area contributed by atoms with Crippen molar-refractivity contribution in [1.29, 1.82) is 0 Å². The van der Waals surface area contributed by atoms with Gasteiger partial charge in [-0.15, -0.1) is 0 Å². The number of hydrogen-bond donors (Lipinski definition) is 2. The van der Waals surface area contributed by atoms with E-state index in [0.717, 1.165) is 17.8 Å². The highest BCUT2D eigenvalue weighted by atomic mass is 16.5. The minimum Gasteiger partial charge on any atom is -0.387 e. The largest absolute Gasteiger partial charge is 0.387 e. The summed E-state index contributed by atoms with van der Waals surface area (Å²) in [6.45, 7) is 2.84. The first kappa shape index (κ1) is 14.2. The number of ether oxygens (including phenoxy) is 1. The number of rotatable bonds is 7. The van der Waals surface area contributed by atoms with Crippen LogP contribution in [-0.4, -0.2) is 40.7 Å². The Bertz CT molecular complexity index is 352. The number of nitrogens with zero attached hydrogens (tertiary/aromatic N) is 2. The van der Waals surface area contributed by atoms with Gasteiger partial charge in [0.1, 0.15) is 0 Å². The average molecular weight is 241 g/mol. The summed E-state index contributed by atoms with van der Waals surface area (Å²) in [6.07, 6.45) is 1.97. The van der Waals surface area contributed by atoms with Gasteiger partial charge in [-0.2, -0.15) is 5.10 Å². The Kier molecular flexibility index (Phi) is 5.11. The molecule has 0 radical (unpaired) electrons. The standard InChI is InChI=1S/C12H23N3O2/c1-10-7-11(15(2)14-10)8-12(16,9-17-3)5-4-6-13/h7,16H,4-6,8-9,13H2,1-3H3. The summed E-state index contributed by atoms with van der Waals surface area (Å²) >= 11 is 0. The van der Waals surface area contributed by atoms with E-state index in [1.165, 1.54) is 0 Å². The monoisotopic (exact) mass is 241 g/mol. The van der Waals surface area contributed by atoms with Gasteiger partial charge in [0.25, 0.3) is 0 Å². The first-order valence-corrected chi connectivity index (χ1v) is 5.91. The Morgan fingerprint density at radius 3 is 2.76 bits per heavy atom. The van der Waals surface area contributed by atoms with E-state index in [9.17, 15) is 5.11 Å². The molecule has 98 valence electrons. The van der Waals surface area contributed by atoms with Crippen LogP contribution in [0, 0.1) is 6.92 Å². The van der Waals surface area contributed by atoms with Crippen LogP contribution < -0.4 is 5.73 Å². The molecule has 5 nitrogen and oxygen atoms in total. The van der Waals surface area contributed by atoms with E-state index in [4.69, 9.17) is 10.5 Å². The van der Waals surface area contributed by atoms with Crippen LogP contribution in [0.3, 0.4) is 0 Å². The highest BCUT2D eigenvalue weighted by molar-refractivity contribution is 5.11. The van der Waals surface area contributed by atoms with Gasteiger partial charge in [0, 0.05) is 26.3 Å². The van der Waals surface area contributed by atoms with E-state index in [2.05, 4.69) is 5.10 Å². The average Bonchev–Trinajstić information content (AvgIpc) is 2.55. The fourth-order valence-corrected chi connectivity index (χ4v) is 2.08. The molecule has 0 spiro atoms. The van der Waals surface area contributed by atoms with Crippen LogP contribution in [0.4, 0.5) is 0 Å². The molecule has 0 aliphatic rings. The quantitative estimate of drug-likeness (QED) is 0.724. The Hall–Kier alpha value is -0.910. The van der Waals surface area contributed by atoms with Crippen molar-refractivity contribution in [2.24, 2.45) is 12.8 Å². The fourth-order valence-electron chi connectivity index (χ4n) is 2.08. The van der Waals surface area contributed by atoms with Crippen molar-refractivity contribution in [3.63, 3.8) is 0 Å². The molecule has 0 bridgehead atoms. The molecular formula is C12H23N3O2. The molecule has 0 saturated carbocycles. The zero-order valence-corrected chi connectivity index (χ0v) is 10.9. The van der Waals surface area contributed by atoms with E-state index in [0.29, 0.717) is 26.0 Å². The first-order valence-electron chi connectivity index (χ1n) is 5.91. The maximum absolute atomic E-state index is 10.5. The molecule has 17 heavy (non-hydrogen) atoms. The highest BCUT2D eigenvalue weighted by Crippen LogP contribution is 2.20. The highest BCUT2D eigenvalue weighted by Gasteiger charge is 2.28. The van der Waals surface area contributed by atoms with Gasteiger partial charge in [-0.25, -0.2) is 0 Å². The summed E-state index contributed by atoms with van der Waals surface area (Å²) in [7, 11) is 3.49. The van der Waals surface area contributed by atoms with Crippen LogP contribution >= 0.6 is 0 Å². The van der Waals surface area contributed by atoms with Crippen molar-refractivity contribution >= 4 is 0 Å². The topological polar surface area (TPSA) is 73.3 Å². The lowest BCUT2D eigenvalue weighted by Gasteiger charge is -2.27. The second-order valence-corrected chi connectivity index (χ2v) is 4.63. The van der Waals surface area contributed by atoms with Crippen LogP contribution in [0.1, 0.15) is 24.2 Å². The van der Waals surface area contributed by atoms with Crippen molar-refractivity contribution in [2.75, 3.05) is 20.3 Å². The molecular weight excluding hydrogens is 218 g/mol. The molecule has 3 N–H and O–H groups in total. The van der Waals surface area contributed by atoms with Gasteiger partial charge in [0.15, 0.2) is 0 Å². The number of aromatic nitrogens is 2. The fraction of sp³-hybridized carbons (Fsp3) is 0.750. The van der Waals surface area contributed by atoms with Crippen molar-refractivity contribution in [1.82, 2.24) is 9.78 Å². The van der Waals surface area contributed by atoms with Gasteiger partial charge in [0.05, 0.1) is 17.9 Å². The molecule has 0 aromatic carbocycles. The van der Waals surface area contributed by atoms with E-state index in [1.807, 2.05) is 20.0 Å². The predicted molar refractivity (Wildman–Crippen MR) is 66.8 cm³/mol. The maximum Gasteiger partial charge on any atom is 0.0935 e. The Morgan fingerprint density at radius 1 is 1.59 bits per heavy atom. The molecule has 0 fully saturated rings. The third kappa shape index (κ3) is 4.11. The van der Waals surface area contributed by atoms with E-state index in [1.54, 1.807) is 11.8 Å². The zero-order chi connectivity index (χ0) is 12.9. The molecule has 1 heterocycles. The maximum atomic E-state index is 10.5. The minimum atomic E-state index is -0.853. The van der Waals surface area contributed by atoms with Gasteiger partial charge in [0.2, 0.25) is 0 Å². The van der Waals surface area contributed by atoms with E-state index >= 15 is 0 Å². The lowest BCUT2D eigenvalue weighted by molar-refractivity contribution is -0.0386. The summed E-state index contributed by atoms with van der Waals surface area (Å²) in [5.41, 5.74) is 6.61. The molecule has 1 aromatic rings. The van der Waals surface area contributed by atoms with Gasteiger partial charge in [-0.1, -0.05) is 0 Å². The van der Waals surface area contributed by atoms with Gasteiger partial charge >= 0.3 is 0 Å². The van der Waals surface area contributed by atoms with Crippen molar-refractivity contribution in [3.05, 3.63) is 17.5 Å². The predicted octanol–water partition coefficient (Wildman–Crippen LogP) is 0.387.